The van der Waals surface area contributed by atoms with Crippen molar-refractivity contribution in [2.75, 3.05) is 0 Å². The molecule has 0 saturated heterocycles. The summed E-state index contributed by atoms with van der Waals surface area (Å²) in [5, 5.41) is 10.7. The van der Waals surface area contributed by atoms with Gasteiger partial charge in [-0.3, -0.25) is 4.98 Å². The van der Waals surface area contributed by atoms with Crippen molar-refractivity contribution < 1.29 is 5.11 Å². The molecule has 28 heavy (non-hydrogen) atoms. The van der Waals surface area contributed by atoms with E-state index in [-0.39, 0.29) is 6.10 Å². The highest BCUT2D eigenvalue weighted by Gasteiger charge is 2.60. The molecular formula is C26H37NO. The molecule has 9 unspecified atom stereocenters. The highest BCUT2D eigenvalue weighted by Crippen LogP contribution is 2.68. The van der Waals surface area contributed by atoms with Crippen LogP contribution in [0.15, 0.2) is 30.6 Å². The van der Waals surface area contributed by atoms with E-state index in [4.69, 9.17) is 0 Å². The molecule has 3 saturated carbocycles. The van der Waals surface area contributed by atoms with Gasteiger partial charge in [-0.1, -0.05) is 39.8 Å². The third-order valence-corrected chi connectivity index (χ3v) is 10.0. The van der Waals surface area contributed by atoms with Gasteiger partial charge in [-0.05, 0) is 102 Å². The molecule has 1 aromatic heterocycles. The molecule has 2 nitrogen and oxygen atoms in total. The summed E-state index contributed by atoms with van der Waals surface area (Å²) in [5.41, 5.74) is 3.64. The summed E-state index contributed by atoms with van der Waals surface area (Å²) in [6.07, 6.45) is 14.2. The SMILES string of the molecule is CC1CC2(C)C(CCC3C4CC=C(c5cccnc5)C4(C)CCC32)C(C)C1O. The number of hydrogen-bond donors (Lipinski definition) is 1. The second-order valence-corrected chi connectivity index (χ2v) is 11.1. The lowest BCUT2D eigenvalue weighted by molar-refractivity contribution is -0.156. The highest BCUT2D eigenvalue weighted by molar-refractivity contribution is 5.72. The lowest BCUT2D eigenvalue weighted by Crippen LogP contribution is -2.57. The first-order valence-corrected chi connectivity index (χ1v) is 11.7. The minimum Gasteiger partial charge on any atom is -0.393 e. The Morgan fingerprint density at radius 1 is 1.07 bits per heavy atom. The van der Waals surface area contributed by atoms with E-state index < -0.39 is 0 Å². The maximum atomic E-state index is 10.7. The zero-order valence-corrected chi connectivity index (χ0v) is 18.1. The fourth-order valence-corrected chi connectivity index (χ4v) is 8.76. The number of aliphatic hydroxyl groups excluding tert-OH is 1. The zero-order valence-electron chi connectivity index (χ0n) is 18.1. The number of hydrogen-bond acceptors (Lipinski definition) is 2. The predicted molar refractivity (Wildman–Crippen MR) is 114 cm³/mol. The van der Waals surface area contributed by atoms with Crippen LogP contribution in [-0.4, -0.2) is 16.2 Å². The van der Waals surface area contributed by atoms with Gasteiger partial charge in [0, 0.05) is 12.4 Å². The second-order valence-electron chi connectivity index (χ2n) is 11.1. The van der Waals surface area contributed by atoms with Crippen molar-refractivity contribution in [2.24, 2.45) is 46.3 Å². The summed E-state index contributed by atoms with van der Waals surface area (Å²) < 4.78 is 0. The molecule has 0 aromatic carbocycles. The van der Waals surface area contributed by atoms with Crippen molar-refractivity contribution in [1.29, 1.82) is 0 Å². The Bertz CT molecular complexity index is 772. The third-order valence-electron chi connectivity index (χ3n) is 10.0. The minimum atomic E-state index is -0.103. The van der Waals surface area contributed by atoms with Gasteiger partial charge >= 0.3 is 0 Å². The average Bonchev–Trinajstić information content (AvgIpc) is 3.04. The van der Waals surface area contributed by atoms with Crippen molar-refractivity contribution in [2.45, 2.75) is 72.3 Å². The molecule has 1 aromatic rings. The largest absolute Gasteiger partial charge is 0.393 e. The molecule has 4 aliphatic carbocycles. The smallest absolute Gasteiger partial charge is 0.0594 e. The second kappa shape index (κ2) is 6.42. The Hall–Kier alpha value is -1.15. The fraction of sp³-hybridized carbons (Fsp3) is 0.731. The molecule has 4 aliphatic rings. The number of allylic oxidation sites excluding steroid dienone is 2. The normalized spacial score (nSPS) is 50.3. The van der Waals surface area contributed by atoms with Crippen LogP contribution in [0.3, 0.4) is 0 Å². The summed E-state index contributed by atoms with van der Waals surface area (Å²) >= 11 is 0. The van der Waals surface area contributed by atoms with Gasteiger partial charge in [-0.15, -0.1) is 0 Å². The van der Waals surface area contributed by atoms with E-state index in [1.165, 1.54) is 44.1 Å². The quantitative estimate of drug-likeness (QED) is 0.652. The predicted octanol–water partition coefficient (Wildman–Crippen LogP) is 5.97. The van der Waals surface area contributed by atoms with E-state index in [0.717, 1.165) is 17.8 Å². The monoisotopic (exact) mass is 379 g/mol. The van der Waals surface area contributed by atoms with Crippen LogP contribution in [0.1, 0.15) is 71.8 Å². The first-order valence-electron chi connectivity index (χ1n) is 11.7. The van der Waals surface area contributed by atoms with Crippen LogP contribution >= 0.6 is 0 Å². The van der Waals surface area contributed by atoms with Crippen LogP contribution in [0.2, 0.25) is 0 Å². The molecule has 0 aliphatic heterocycles. The number of pyridine rings is 1. The van der Waals surface area contributed by atoms with Gasteiger partial charge < -0.3 is 5.11 Å². The number of fused-ring (bicyclic) bond motifs is 5. The number of rotatable bonds is 1. The van der Waals surface area contributed by atoms with E-state index in [2.05, 4.69) is 57.1 Å². The molecule has 3 fully saturated rings. The zero-order chi connectivity index (χ0) is 19.7. The standard InChI is InChI=1S/C26H37NO/c1-16-14-26(4)20(17(2)24(16)28)8-7-19-22-10-9-21(18-6-5-13-27-15-18)25(22,3)12-11-23(19)26/h5-6,9,13,15-17,19-20,22-24,28H,7-8,10-12,14H2,1-4H3. The van der Waals surface area contributed by atoms with Crippen LogP contribution in [0.5, 0.6) is 0 Å². The number of aliphatic hydroxyl groups is 1. The third kappa shape index (κ3) is 2.46. The van der Waals surface area contributed by atoms with Crippen LogP contribution in [-0.2, 0) is 0 Å². The molecule has 5 rings (SSSR count). The van der Waals surface area contributed by atoms with E-state index in [1.54, 1.807) is 5.57 Å². The molecule has 0 bridgehead atoms. The Morgan fingerprint density at radius 3 is 2.64 bits per heavy atom. The Kier molecular flexibility index (Phi) is 4.32. The van der Waals surface area contributed by atoms with Gasteiger partial charge in [0.25, 0.3) is 0 Å². The Balaban J connectivity index is 1.46. The van der Waals surface area contributed by atoms with E-state index in [1.807, 2.05) is 6.20 Å². The summed E-state index contributed by atoms with van der Waals surface area (Å²) in [7, 11) is 0. The fourth-order valence-electron chi connectivity index (χ4n) is 8.76. The highest BCUT2D eigenvalue weighted by atomic mass is 16.3. The van der Waals surface area contributed by atoms with Crippen LogP contribution < -0.4 is 0 Å². The van der Waals surface area contributed by atoms with Crippen molar-refractivity contribution in [3.63, 3.8) is 0 Å². The number of nitrogens with zero attached hydrogens (tertiary/aromatic N) is 1. The summed E-state index contributed by atoms with van der Waals surface area (Å²) in [6.45, 7) is 9.76. The van der Waals surface area contributed by atoms with Crippen molar-refractivity contribution in [1.82, 2.24) is 4.98 Å². The van der Waals surface area contributed by atoms with Gasteiger partial charge in [0.15, 0.2) is 0 Å². The van der Waals surface area contributed by atoms with Crippen molar-refractivity contribution in [3.05, 3.63) is 36.2 Å². The van der Waals surface area contributed by atoms with Crippen LogP contribution in [0.4, 0.5) is 0 Å². The van der Waals surface area contributed by atoms with Gasteiger partial charge in [-0.2, -0.15) is 0 Å². The maximum Gasteiger partial charge on any atom is 0.0594 e. The van der Waals surface area contributed by atoms with Crippen LogP contribution in [0, 0.1) is 46.3 Å². The molecule has 2 heteroatoms. The Morgan fingerprint density at radius 2 is 1.89 bits per heavy atom. The number of aromatic nitrogens is 1. The van der Waals surface area contributed by atoms with Crippen LogP contribution in [0.25, 0.3) is 5.57 Å². The lowest BCUT2D eigenvalue weighted by Gasteiger charge is -2.63. The lowest BCUT2D eigenvalue weighted by atomic mass is 9.42. The van der Waals surface area contributed by atoms with Gasteiger partial charge in [-0.25, -0.2) is 0 Å². The maximum absolute atomic E-state index is 10.7. The van der Waals surface area contributed by atoms with Gasteiger partial charge in [0.05, 0.1) is 6.10 Å². The first kappa shape index (κ1) is 18.9. The van der Waals surface area contributed by atoms with E-state index in [9.17, 15) is 5.11 Å². The summed E-state index contributed by atoms with van der Waals surface area (Å²) in [4.78, 5) is 4.40. The molecule has 1 heterocycles. The van der Waals surface area contributed by atoms with E-state index in [0.29, 0.717) is 28.6 Å². The summed E-state index contributed by atoms with van der Waals surface area (Å²) in [6, 6.07) is 4.34. The molecule has 0 amide bonds. The van der Waals surface area contributed by atoms with Gasteiger partial charge in [0.1, 0.15) is 0 Å². The minimum absolute atomic E-state index is 0.103. The molecule has 152 valence electrons. The molecule has 9 atom stereocenters. The molecule has 0 spiro atoms. The van der Waals surface area contributed by atoms with E-state index >= 15 is 0 Å². The van der Waals surface area contributed by atoms with Crippen molar-refractivity contribution >= 4 is 5.57 Å². The summed E-state index contributed by atoms with van der Waals surface area (Å²) in [5.74, 6) is 4.07. The van der Waals surface area contributed by atoms with Gasteiger partial charge in [0.2, 0.25) is 0 Å². The molecule has 1 N–H and O–H groups in total. The Labute approximate surface area is 170 Å². The topological polar surface area (TPSA) is 33.1 Å². The van der Waals surface area contributed by atoms with Crippen molar-refractivity contribution in [3.8, 4) is 0 Å². The first-order chi connectivity index (χ1) is 13.4. The molecular weight excluding hydrogens is 342 g/mol. The molecule has 0 radical (unpaired) electrons. The average molecular weight is 380 g/mol.